The summed E-state index contributed by atoms with van der Waals surface area (Å²) < 4.78 is 10.5. The predicted molar refractivity (Wildman–Crippen MR) is 55.6 cm³/mol. The highest BCUT2D eigenvalue weighted by atomic mass is 35.5. The molecule has 1 aromatic rings. The summed E-state index contributed by atoms with van der Waals surface area (Å²) >= 11 is 5.99. The zero-order valence-electron chi connectivity index (χ0n) is 8.07. The Morgan fingerprint density at radius 1 is 1.53 bits per heavy atom. The quantitative estimate of drug-likeness (QED) is 0.788. The average Bonchev–Trinajstić information content (AvgIpc) is 2.18. The Morgan fingerprint density at radius 2 is 2.33 bits per heavy atom. The number of hydrogen-bond acceptors (Lipinski definition) is 3. The van der Waals surface area contributed by atoms with Crippen molar-refractivity contribution in [3.8, 4) is 6.07 Å². The first-order valence-corrected chi connectivity index (χ1v) is 5.05. The van der Waals surface area contributed by atoms with Gasteiger partial charge in [0.15, 0.2) is 0 Å². The van der Waals surface area contributed by atoms with E-state index in [4.69, 9.17) is 26.3 Å². The summed E-state index contributed by atoms with van der Waals surface area (Å²) in [4.78, 5) is 0. The Hall–Kier alpha value is -1.08. The number of halogens is 1. The summed E-state index contributed by atoms with van der Waals surface area (Å²) in [5.41, 5.74) is 1.47. The minimum Gasteiger partial charge on any atom is -0.376 e. The van der Waals surface area contributed by atoms with Crippen molar-refractivity contribution in [2.45, 2.75) is 12.7 Å². The molecule has 0 amide bonds. The zero-order chi connectivity index (χ0) is 10.7. The van der Waals surface area contributed by atoms with Crippen LogP contribution in [0.3, 0.4) is 0 Å². The second-order valence-electron chi connectivity index (χ2n) is 3.39. The standard InChI is InChI=1S/C11H10ClNO2/c12-11-3-8(4-13)1-2-9(11)5-15-10-6-14-7-10/h1-3,10H,5-7H2. The molecule has 1 fully saturated rings. The number of rotatable bonds is 3. The smallest absolute Gasteiger partial charge is 0.105 e. The van der Waals surface area contributed by atoms with Gasteiger partial charge in [0.25, 0.3) is 0 Å². The summed E-state index contributed by atoms with van der Waals surface area (Å²) in [7, 11) is 0. The Balaban J connectivity index is 1.98. The van der Waals surface area contributed by atoms with E-state index in [1.807, 2.05) is 12.1 Å². The lowest BCUT2D eigenvalue weighted by Crippen LogP contribution is -2.35. The highest BCUT2D eigenvalue weighted by Crippen LogP contribution is 2.19. The van der Waals surface area contributed by atoms with Crippen LogP contribution in [0, 0.1) is 11.3 Å². The van der Waals surface area contributed by atoms with Crippen LogP contribution >= 0.6 is 11.6 Å². The molecule has 0 bridgehead atoms. The van der Waals surface area contributed by atoms with Gasteiger partial charge in [0.05, 0.1) is 31.5 Å². The fourth-order valence-corrected chi connectivity index (χ4v) is 1.49. The van der Waals surface area contributed by atoms with Crippen LogP contribution in [0.25, 0.3) is 0 Å². The molecule has 15 heavy (non-hydrogen) atoms. The van der Waals surface area contributed by atoms with Crippen molar-refractivity contribution in [1.82, 2.24) is 0 Å². The lowest BCUT2D eigenvalue weighted by atomic mass is 10.1. The highest BCUT2D eigenvalue weighted by molar-refractivity contribution is 6.31. The molecule has 3 nitrogen and oxygen atoms in total. The lowest BCUT2D eigenvalue weighted by Gasteiger charge is -2.26. The van der Waals surface area contributed by atoms with E-state index < -0.39 is 0 Å². The molecule has 0 radical (unpaired) electrons. The average molecular weight is 224 g/mol. The normalized spacial score (nSPS) is 15.7. The Labute approximate surface area is 93.2 Å². The minimum atomic E-state index is 0.191. The molecule has 0 saturated carbocycles. The van der Waals surface area contributed by atoms with Gasteiger partial charge in [0, 0.05) is 5.02 Å². The van der Waals surface area contributed by atoms with E-state index in [0.717, 1.165) is 5.56 Å². The molecule has 1 aromatic carbocycles. The molecule has 0 N–H and O–H groups in total. The minimum absolute atomic E-state index is 0.191. The highest BCUT2D eigenvalue weighted by Gasteiger charge is 2.18. The van der Waals surface area contributed by atoms with E-state index in [1.54, 1.807) is 12.1 Å². The Bertz CT molecular complexity index is 396. The van der Waals surface area contributed by atoms with Crippen molar-refractivity contribution >= 4 is 11.6 Å². The van der Waals surface area contributed by atoms with Crippen LogP contribution in [-0.2, 0) is 16.1 Å². The number of nitriles is 1. The van der Waals surface area contributed by atoms with E-state index in [1.165, 1.54) is 0 Å². The van der Waals surface area contributed by atoms with Crippen LogP contribution < -0.4 is 0 Å². The van der Waals surface area contributed by atoms with Crippen molar-refractivity contribution < 1.29 is 9.47 Å². The van der Waals surface area contributed by atoms with Gasteiger partial charge in [0.1, 0.15) is 6.10 Å². The third-order valence-electron chi connectivity index (χ3n) is 2.26. The SMILES string of the molecule is N#Cc1ccc(COC2COC2)c(Cl)c1. The molecule has 0 unspecified atom stereocenters. The monoisotopic (exact) mass is 223 g/mol. The molecular formula is C11H10ClNO2. The van der Waals surface area contributed by atoms with Crippen molar-refractivity contribution in [2.75, 3.05) is 13.2 Å². The molecule has 0 atom stereocenters. The van der Waals surface area contributed by atoms with Gasteiger partial charge in [-0.3, -0.25) is 0 Å². The van der Waals surface area contributed by atoms with Gasteiger partial charge < -0.3 is 9.47 Å². The van der Waals surface area contributed by atoms with Gasteiger partial charge in [0.2, 0.25) is 0 Å². The van der Waals surface area contributed by atoms with Gasteiger partial charge in [-0.1, -0.05) is 17.7 Å². The molecule has 4 heteroatoms. The summed E-state index contributed by atoms with van der Waals surface area (Å²) in [6.45, 7) is 1.79. The summed E-state index contributed by atoms with van der Waals surface area (Å²) in [5, 5.41) is 9.24. The summed E-state index contributed by atoms with van der Waals surface area (Å²) in [5.74, 6) is 0. The maximum absolute atomic E-state index is 8.66. The number of ether oxygens (including phenoxy) is 2. The van der Waals surface area contributed by atoms with Crippen LogP contribution in [0.5, 0.6) is 0 Å². The van der Waals surface area contributed by atoms with E-state index in [0.29, 0.717) is 30.4 Å². The van der Waals surface area contributed by atoms with Gasteiger partial charge in [-0.2, -0.15) is 5.26 Å². The van der Waals surface area contributed by atoms with Crippen molar-refractivity contribution in [3.05, 3.63) is 34.3 Å². The van der Waals surface area contributed by atoms with Crippen molar-refractivity contribution in [2.24, 2.45) is 0 Å². The topological polar surface area (TPSA) is 42.2 Å². The molecule has 1 heterocycles. The van der Waals surface area contributed by atoms with E-state index >= 15 is 0 Å². The number of hydrogen-bond donors (Lipinski definition) is 0. The van der Waals surface area contributed by atoms with Crippen LogP contribution in [0.15, 0.2) is 18.2 Å². The molecular weight excluding hydrogens is 214 g/mol. The molecule has 78 valence electrons. The van der Waals surface area contributed by atoms with Crippen LogP contribution in [0.2, 0.25) is 5.02 Å². The summed E-state index contributed by atoms with van der Waals surface area (Å²) in [6, 6.07) is 7.25. The Kier molecular flexibility index (Phi) is 3.22. The van der Waals surface area contributed by atoms with E-state index in [-0.39, 0.29) is 6.10 Å². The molecule has 1 saturated heterocycles. The molecule has 1 aliphatic heterocycles. The largest absolute Gasteiger partial charge is 0.376 e. The molecule has 0 spiro atoms. The van der Waals surface area contributed by atoms with Gasteiger partial charge in [-0.15, -0.1) is 0 Å². The fourth-order valence-electron chi connectivity index (χ4n) is 1.25. The fraction of sp³-hybridized carbons (Fsp3) is 0.364. The van der Waals surface area contributed by atoms with Crippen molar-refractivity contribution in [1.29, 1.82) is 5.26 Å². The number of benzene rings is 1. The maximum Gasteiger partial charge on any atom is 0.105 e. The van der Waals surface area contributed by atoms with E-state index in [2.05, 4.69) is 0 Å². The van der Waals surface area contributed by atoms with Crippen molar-refractivity contribution in [3.63, 3.8) is 0 Å². The van der Waals surface area contributed by atoms with Crippen LogP contribution in [0.4, 0.5) is 0 Å². The molecule has 0 aliphatic carbocycles. The Morgan fingerprint density at radius 3 is 2.87 bits per heavy atom. The molecule has 2 rings (SSSR count). The van der Waals surface area contributed by atoms with Gasteiger partial charge in [-0.25, -0.2) is 0 Å². The van der Waals surface area contributed by atoms with Crippen LogP contribution in [-0.4, -0.2) is 19.3 Å². The second kappa shape index (κ2) is 4.63. The lowest BCUT2D eigenvalue weighted by molar-refractivity contribution is -0.135. The van der Waals surface area contributed by atoms with Gasteiger partial charge in [-0.05, 0) is 17.7 Å². The van der Waals surface area contributed by atoms with E-state index in [9.17, 15) is 0 Å². The number of nitrogens with zero attached hydrogens (tertiary/aromatic N) is 1. The van der Waals surface area contributed by atoms with Crippen LogP contribution in [0.1, 0.15) is 11.1 Å². The first-order valence-electron chi connectivity index (χ1n) is 4.67. The second-order valence-corrected chi connectivity index (χ2v) is 3.80. The first kappa shape index (κ1) is 10.4. The first-order chi connectivity index (χ1) is 7.29. The summed E-state index contributed by atoms with van der Waals surface area (Å²) in [6.07, 6.45) is 0.191. The molecule has 0 aromatic heterocycles. The maximum atomic E-state index is 8.66. The third-order valence-corrected chi connectivity index (χ3v) is 2.62. The van der Waals surface area contributed by atoms with Gasteiger partial charge >= 0.3 is 0 Å². The third kappa shape index (κ3) is 2.48. The zero-order valence-corrected chi connectivity index (χ0v) is 8.83. The predicted octanol–water partition coefficient (Wildman–Crippen LogP) is 2.13. The molecule has 1 aliphatic rings.